The molecule has 0 heterocycles. The van der Waals surface area contributed by atoms with Crippen LogP contribution in [0.3, 0.4) is 0 Å². The highest BCUT2D eigenvalue weighted by Crippen LogP contribution is 1.92. The number of likely N-dealkylation sites (N-methyl/N-ethyl adjacent to an activating group) is 1. The van der Waals surface area contributed by atoms with E-state index < -0.39 is 5.97 Å². The first-order chi connectivity index (χ1) is 5.81. The van der Waals surface area contributed by atoms with Crippen LogP contribution in [0.25, 0.3) is 0 Å². The van der Waals surface area contributed by atoms with Gasteiger partial charge in [-0.15, -0.1) is 0 Å². The number of carbonyl (C=O) groups is 2. The average molecular weight is 315 g/mol. The van der Waals surface area contributed by atoms with Gasteiger partial charge >= 0.3 is 5.97 Å². The third-order valence-electron chi connectivity index (χ3n) is 1.42. The van der Waals surface area contributed by atoms with Crippen molar-refractivity contribution < 1.29 is 42.8 Å². The Morgan fingerprint density at radius 2 is 1.71 bits per heavy atom. The van der Waals surface area contributed by atoms with Crippen molar-refractivity contribution in [3.63, 3.8) is 0 Å². The normalized spacial score (nSPS) is 10.3. The maximum Gasteiger partial charge on any atom is 0.313 e. The summed E-state index contributed by atoms with van der Waals surface area (Å²) in [7, 11) is 6.04. The Labute approximate surface area is 102 Å². The molecule has 0 N–H and O–H groups in total. The molecule has 0 saturated heterocycles. The highest BCUT2D eigenvalue weighted by Gasteiger charge is 2.10. The summed E-state index contributed by atoms with van der Waals surface area (Å²) in [6.45, 7) is 2.50. The van der Waals surface area contributed by atoms with Gasteiger partial charge in [-0.25, -0.2) is 0 Å². The van der Waals surface area contributed by atoms with Crippen LogP contribution in [0.2, 0.25) is 0 Å². The highest BCUT2D eigenvalue weighted by molar-refractivity contribution is 5.94. The quantitative estimate of drug-likeness (QED) is 0.239. The zero-order chi connectivity index (χ0) is 10.5. The summed E-state index contributed by atoms with van der Waals surface area (Å²) in [5, 5.41) is 0. The van der Waals surface area contributed by atoms with Crippen molar-refractivity contribution in [2.45, 2.75) is 13.3 Å². The van der Waals surface area contributed by atoms with E-state index in [2.05, 4.69) is 0 Å². The summed E-state index contributed by atoms with van der Waals surface area (Å²) in [6.07, 6.45) is -0.114. The minimum atomic E-state index is -0.430. The fraction of sp³-hybridized carbons (Fsp3) is 0.778. The van der Waals surface area contributed by atoms with E-state index in [1.165, 1.54) is 6.92 Å². The summed E-state index contributed by atoms with van der Waals surface area (Å²) in [5.41, 5.74) is 0. The molecule has 0 rings (SSSR count). The Morgan fingerprint density at radius 1 is 1.21 bits per heavy atom. The van der Waals surface area contributed by atoms with Crippen molar-refractivity contribution in [3.8, 4) is 0 Å². The standard InChI is InChI=1S/C9H18NO3.HI/c1-8(11)7-9(12)13-6-5-10(2,3)4;/h5-7H2,1-4H3;1H/q+1;/p-1. The van der Waals surface area contributed by atoms with E-state index in [1.54, 1.807) is 0 Å². The van der Waals surface area contributed by atoms with E-state index in [1.807, 2.05) is 21.1 Å². The zero-order valence-corrected chi connectivity index (χ0v) is 11.3. The van der Waals surface area contributed by atoms with Crippen molar-refractivity contribution in [1.29, 1.82) is 0 Å². The molecule has 84 valence electrons. The fourth-order valence-corrected chi connectivity index (χ4v) is 0.688. The average Bonchev–Trinajstić information content (AvgIpc) is 1.81. The van der Waals surface area contributed by atoms with Gasteiger partial charge in [0.2, 0.25) is 0 Å². The lowest BCUT2D eigenvalue weighted by Crippen LogP contribution is -3.00. The second kappa shape index (κ2) is 7.17. The molecule has 0 fully saturated rings. The van der Waals surface area contributed by atoms with Gasteiger partial charge in [0.05, 0.1) is 21.1 Å². The molecule has 0 aliphatic heterocycles. The fourth-order valence-electron chi connectivity index (χ4n) is 0.688. The maximum absolute atomic E-state index is 10.9. The Bertz CT molecular complexity index is 199. The lowest BCUT2D eigenvalue weighted by atomic mass is 10.3. The van der Waals surface area contributed by atoms with Gasteiger partial charge in [0, 0.05) is 0 Å². The van der Waals surface area contributed by atoms with Crippen molar-refractivity contribution in [1.82, 2.24) is 0 Å². The van der Waals surface area contributed by atoms with Crippen LogP contribution in [-0.2, 0) is 14.3 Å². The summed E-state index contributed by atoms with van der Waals surface area (Å²) in [4.78, 5) is 21.4. The number of halogens is 1. The molecule has 5 heteroatoms. The molecular formula is C9H18INO3. The number of quaternary nitrogens is 1. The third kappa shape index (κ3) is 11.8. The number of nitrogens with zero attached hydrogens (tertiary/aromatic N) is 1. The molecule has 0 bridgehead atoms. The molecule has 0 aliphatic rings. The molecule has 0 aromatic carbocycles. The largest absolute Gasteiger partial charge is 1.00 e. The van der Waals surface area contributed by atoms with Crippen LogP contribution < -0.4 is 24.0 Å². The predicted molar refractivity (Wildman–Crippen MR) is 49.2 cm³/mol. The van der Waals surface area contributed by atoms with Crippen molar-refractivity contribution >= 4 is 11.8 Å². The van der Waals surface area contributed by atoms with Gasteiger partial charge in [0.25, 0.3) is 0 Å². The first kappa shape index (κ1) is 16.3. The molecule has 4 nitrogen and oxygen atoms in total. The molecule has 0 aromatic heterocycles. The highest BCUT2D eigenvalue weighted by atomic mass is 127. The van der Waals surface area contributed by atoms with Gasteiger partial charge < -0.3 is 33.2 Å². The Morgan fingerprint density at radius 3 is 2.07 bits per heavy atom. The SMILES string of the molecule is CC(=O)CC(=O)OCC[N+](C)(C)C.[I-]. The lowest BCUT2D eigenvalue weighted by Gasteiger charge is -2.23. The number of carbonyl (C=O) groups excluding carboxylic acids is 2. The number of esters is 1. The summed E-state index contributed by atoms with van der Waals surface area (Å²) < 4.78 is 5.60. The van der Waals surface area contributed by atoms with Crippen LogP contribution in [0.1, 0.15) is 13.3 Å². The Hall–Kier alpha value is -0.170. The molecule has 0 atom stereocenters. The number of rotatable bonds is 5. The first-order valence-electron chi connectivity index (χ1n) is 4.27. The minimum absolute atomic E-state index is 0. The summed E-state index contributed by atoms with van der Waals surface area (Å²) in [5.74, 6) is -0.587. The van der Waals surface area contributed by atoms with Crippen molar-refractivity contribution in [3.05, 3.63) is 0 Å². The summed E-state index contributed by atoms with van der Waals surface area (Å²) in [6, 6.07) is 0. The van der Waals surface area contributed by atoms with E-state index >= 15 is 0 Å². The zero-order valence-electron chi connectivity index (χ0n) is 9.17. The number of hydrogen-bond acceptors (Lipinski definition) is 3. The van der Waals surface area contributed by atoms with Crippen LogP contribution in [0.5, 0.6) is 0 Å². The Kier molecular flexibility index (Phi) is 8.33. The van der Waals surface area contributed by atoms with Gasteiger partial charge in [0.15, 0.2) is 0 Å². The number of ketones is 1. The van der Waals surface area contributed by atoms with E-state index in [0.29, 0.717) is 6.61 Å². The Balaban J connectivity index is 0. The van der Waals surface area contributed by atoms with Gasteiger partial charge in [-0.1, -0.05) is 0 Å². The molecule has 0 spiro atoms. The number of hydrogen-bond donors (Lipinski definition) is 0. The molecular weight excluding hydrogens is 297 g/mol. The van der Waals surface area contributed by atoms with E-state index in [9.17, 15) is 9.59 Å². The third-order valence-corrected chi connectivity index (χ3v) is 1.42. The monoisotopic (exact) mass is 315 g/mol. The predicted octanol–water partition coefficient (Wildman–Crippen LogP) is -2.78. The summed E-state index contributed by atoms with van der Waals surface area (Å²) >= 11 is 0. The van der Waals surface area contributed by atoms with Gasteiger partial charge in [-0.2, -0.15) is 0 Å². The van der Waals surface area contributed by atoms with Crippen LogP contribution in [0, 0.1) is 0 Å². The second-order valence-electron chi connectivity index (χ2n) is 4.11. The molecule has 0 radical (unpaired) electrons. The van der Waals surface area contributed by atoms with E-state index in [4.69, 9.17) is 4.74 Å². The van der Waals surface area contributed by atoms with E-state index in [0.717, 1.165) is 11.0 Å². The molecule has 0 aliphatic carbocycles. The van der Waals surface area contributed by atoms with Crippen LogP contribution in [0.15, 0.2) is 0 Å². The molecule has 14 heavy (non-hydrogen) atoms. The second-order valence-corrected chi connectivity index (χ2v) is 4.11. The molecule has 0 saturated carbocycles. The van der Waals surface area contributed by atoms with Crippen molar-refractivity contribution in [2.24, 2.45) is 0 Å². The van der Waals surface area contributed by atoms with E-state index in [-0.39, 0.29) is 36.2 Å². The van der Waals surface area contributed by atoms with Crippen LogP contribution in [0.4, 0.5) is 0 Å². The molecule has 0 aromatic rings. The molecule has 0 amide bonds. The number of Topliss-reactive ketones (excluding diaryl/α,β-unsaturated/α-hetero) is 1. The van der Waals surface area contributed by atoms with Gasteiger partial charge in [-0.05, 0) is 6.92 Å². The first-order valence-corrected chi connectivity index (χ1v) is 4.27. The topological polar surface area (TPSA) is 43.4 Å². The minimum Gasteiger partial charge on any atom is -1.00 e. The van der Waals surface area contributed by atoms with Crippen LogP contribution in [-0.4, -0.2) is 50.5 Å². The van der Waals surface area contributed by atoms with Crippen LogP contribution >= 0.6 is 0 Å². The van der Waals surface area contributed by atoms with Crippen molar-refractivity contribution in [2.75, 3.05) is 34.3 Å². The molecule has 0 unspecified atom stereocenters. The lowest BCUT2D eigenvalue weighted by molar-refractivity contribution is -0.870. The maximum atomic E-state index is 10.9. The van der Waals surface area contributed by atoms with Gasteiger partial charge in [0.1, 0.15) is 25.4 Å². The number of ether oxygens (including phenoxy) is 1. The van der Waals surface area contributed by atoms with Gasteiger partial charge in [-0.3, -0.25) is 9.59 Å². The smallest absolute Gasteiger partial charge is 0.313 e.